The van der Waals surface area contributed by atoms with Crippen LogP contribution in [0.3, 0.4) is 0 Å². The molecule has 0 spiro atoms. The third-order valence-electron chi connectivity index (χ3n) is 5.59. The van der Waals surface area contributed by atoms with Gasteiger partial charge in [-0.3, -0.25) is 0 Å². The monoisotopic (exact) mass is 598 g/mol. The molecule has 0 saturated heterocycles. The van der Waals surface area contributed by atoms with Gasteiger partial charge < -0.3 is 49.7 Å². The average Bonchev–Trinajstić information content (AvgIpc) is 2.95. The molecule has 0 aromatic heterocycles. The first-order valence-corrected chi connectivity index (χ1v) is 11.9. The number of hydrogen-bond acceptors (Lipinski definition) is 10. The second-order valence-corrected chi connectivity index (χ2v) is 8.51. The molecule has 0 aliphatic rings. The van der Waals surface area contributed by atoms with E-state index in [-0.39, 0.29) is 58.5 Å². The summed E-state index contributed by atoms with van der Waals surface area (Å²) in [6, 6.07) is 19.8. The van der Waals surface area contributed by atoms with E-state index in [0.29, 0.717) is 11.5 Å². The van der Waals surface area contributed by atoms with Crippen molar-refractivity contribution in [2.24, 2.45) is 0 Å². The van der Waals surface area contributed by atoms with Gasteiger partial charge in [0.1, 0.15) is 36.2 Å². The quantitative estimate of drug-likeness (QED) is 0.192. The van der Waals surface area contributed by atoms with Crippen LogP contribution in [0.2, 0.25) is 0 Å². The van der Waals surface area contributed by atoms with Crippen LogP contribution in [0.1, 0.15) is 52.6 Å². The normalized spacial score (nSPS) is 9.86. The van der Waals surface area contributed by atoms with E-state index >= 15 is 0 Å². The van der Waals surface area contributed by atoms with Crippen LogP contribution in [-0.2, 0) is 13.2 Å². The third kappa shape index (κ3) is 9.95. The van der Waals surface area contributed by atoms with E-state index in [1.54, 1.807) is 24.3 Å². The van der Waals surface area contributed by atoms with E-state index < -0.39 is 35.4 Å². The van der Waals surface area contributed by atoms with Gasteiger partial charge in [0.05, 0.1) is 23.1 Å². The SMILES string of the molecule is O=C(O)c1ccc(COc2ccc(C(=O)[O-])c(O)c2)cc1.O=C(O)c1ccc(COc2ccc(C(=O)[O-])c(O)c2)cc1.[Mg+2]. The van der Waals surface area contributed by atoms with Crippen molar-refractivity contribution in [3.63, 3.8) is 0 Å². The van der Waals surface area contributed by atoms with Crippen LogP contribution >= 0.6 is 0 Å². The number of carbonyl (C=O) groups is 4. The molecule has 0 aliphatic heterocycles. The zero-order chi connectivity index (χ0) is 30.8. The minimum atomic E-state index is -1.47. The number of carboxylic acid groups (broad SMARTS) is 4. The Bertz CT molecular complexity index is 1480. The van der Waals surface area contributed by atoms with Crippen LogP contribution in [0.15, 0.2) is 84.9 Å². The maximum atomic E-state index is 10.7. The molecule has 0 bridgehead atoms. The molecule has 0 aliphatic carbocycles. The van der Waals surface area contributed by atoms with Crippen LogP contribution < -0.4 is 19.7 Å². The third-order valence-corrected chi connectivity index (χ3v) is 5.59. The van der Waals surface area contributed by atoms with Crippen LogP contribution in [0.4, 0.5) is 0 Å². The summed E-state index contributed by atoms with van der Waals surface area (Å²) in [6.45, 7) is 0.314. The Morgan fingerprint density at radius 1 is 0.558 bits per heavy atom. The molecular formula is C30H22MgO12. The minimum Gasteiger partial charge on any atom is -0.545 e. The number of carbonyl (C=O) groups excluding carboxylic acids is 2. The first-order valence-electron chi connectivity index (χ1n) is 11.9. The maximum absolute atomic E-state index is 10.7. The van der Waals surface area contributed by atoms with Gasteiger partial charge in [-0.15, -0.1) is 0 Å². The first-order chi connectivity index (χ1) is 19.9. The fourth-order valence-corrected chi connectivity index (χ4v) is 3.37. The van der Waals surface area contributed by atoms with E-state index in [2.05, 4.69) is 0 Å². The number of ether oxygens (including phenoxy) is 2. The first kappa shape index (κ1) is 33.9. The molecule has 4 aromatic rings. The molecule has 43 heavy (non-hydrogen) atoms. The van der Waals surface area contributed by atoms with Crippen molar-refractivity contribution in [2.45, 2.75) is 13.2 Å². The van der Waals surface area contributed by atoms with E-state index in [1.807, 2.05) is 0 Å². The van der Waals surface area contributed by atoms with E-state index in [9.17, 15) is 39.6 Å². The van der Waals surface area contributed by atoms with Crippen molar-refractivity contribution in [1.82, 2.24) is 0 Å². The molecule has 0 unspecified atom stereocenters. The van der Waals surface area contributed by atoms with Crippen LogP contribution in [-0.4, -0.2) is 67.4 Å². The number of benzene rings is 4. The predicted octanol–water partition coefficient (Wildman–Crippen LogP) is 1.68. The molecule has 4 rings (SSSR count). The summed E-state index contributed by atoms with van der Waals surface area (Å²) in [5.41, 5.74) is 1.21. The fraction of sp³-hybridized carbons (Fsp3) is 0.0667. The fourth-order valence-electron chi connectivity index (χ4n) is 3.37. The molecule has 216 valence electrons. The molecular weight excluding hydrogens is 577 g/mol. The van der Waals surface area contributed by atoms with Crippen molar-refractivity contribution in [3.05, 3.63) is 118 Å². The summed E-state index contributed by atoms with van der Waals surface area (Å²) in [4.78, 5) is 42.7. The number of aromatic hydroxyl groups is 2. The number of phenols is 2. The Hall–Kier alpha value is -5.27. The summed E-state index contributed by atoms with van der Waals surface area (Å²) >= 11 is 0. The summed E-state index contributed by atoms with van der Waals surface area (Å²) < 4.78 is 10.8. The Kier molecular flexibility index (Phi) is 12.4. The summed E-state index contributed by atoms with van der Waals surface area (Å²) in [5.74, 6) is -5.25. The van der Waals surface area contributed by atoms with Gasteiger partial charge in [-0.25, -0.2) is 9.59 Å². The van der Waals surface area contributed by atoms with Gasteiger partial charge in [0.15, 0.2) is 0 Å². The molecule has 0 atom stereocenters. The zero-order valence-electron chi connectivity index (χ0n) is 22.3. The van der Waals surface area contributed by atoms with Gasteiger partial charge in [0.25, 0.3) is 0 Å². The zero-order valence-corrected chi connectivity index (χ0v) is 23.7. The molecule has 12 nitrogen and oxygen atoms in total. The predicted molar refractivity (Wildman–Crippen MR) is 146 cm³/mol. The van der Waals surface area contributed by atoms with Crippen LogP contribution in [0, 0.1) is 0 Å². The summed E-state index contributed by atoms with van der Waals surface area (Å²) in [7, 11) is 0. The van der Waals surface area contributed by atoms with Crippen molar-refractivity contribution in [2.75, 3.05) is 0 Å². The van der Waals surface area contributed by atoms with E-state index in [1.165, 1.54) is 60.7 Å². The van der Waals surface area contributed by atoms with E-state index in [0.717, 1.165) is 11.1 Å². The molecule has 0 heterocycles. The molecule has 4 aromatic carbocycles. The molecule has 0 amide bonds. The largest absolute Gasteiger partial charge is 2.00 e. The maximum Gasteiger partial charge on any atom is 2.00 e. The molecule has 0 fully saturated rings. The van der Waals surface area contributed by atoms with E-state index in [4.69, 9.17) is 19.7 Å². The van der Waals surface area contributed by atoms with Gasteiger partial charge in [-0.05, 0) is 59.7 Å². The topological polar surface area (TPSA) is 214 Å². The minimum absolute atomic E-state index is 0. The Morgan fingerprint density at radius 3 is 1.14 bits per heavy atom. The Labute approximate surface area is 260 Å². The van der Waals surface area contributed by atoms with Gasteiger partial charge in [-0.2, -0.15) is 0 Å². The second kappa shape index (κ2) is 15.7. The van der Waals surface area contributed by atoms with Crippen LogP contribution in [0.5, 0.6) is 23.0 Å². The summed E-state index contributed by atoms with van der Waals surface area (Å²) in [5, 5.41) is 57.8. The standard InChI is InChI=1S/2C15H12O6.Mg/c2*16-13-7-11(5-6-12(13)15(19)20)21-8-9-1-3-10(4-2-9)14(17)18;/h2*1-7,16H,8H2,(H,17,18)(H,19,20);/q;;+2/p-2. The smallest absolute Gasteiger partial charge is 0.545 e. The number of carboxylic acids is 4. The van der Waals surface area contributed by atoms with Crippen LogP contribution in [0.25, 0.3) is 0 Å². The Balaban J connectivity index is 0.000000293. The average molecular weight is 599 g/mol. The van der Waals surface area contributed by atoms with Crippen molar-refractivity contribution in [1.29, 1.82) is 0 Å². The number of rotatable bonds is 10. The molecule has 4 N–H and O–H groups in total. The van der Waals surface area contributed by atoms with Crippen molar-refractivity contribution < 1.29 is 59.3 Å². The number of aromatic carboxylic acids is 4. The van der Waals surface area contributed by atoms with Gasteiger partial charge in [0.2, 0.25) is 0 Å². The second-order valence-electron chi connectivity index (χ2n) is 8.51. The van der Waals surface area contributed by atoms with Gasteiger partial charge in [0, 0.05) is 23.3 Å². The molecule has 0 saturated carbocycles. The van der Waals surface area contributed by atoms with Crippen molar-refractivity contribution in [3.8, 4) is 23.0 Å². The van der Waals surface area contributed by atoms with Gasteiger partial charge >= 0.3 is 35.0 Å². The number of hydrogen-bond donors (Lipinski definition) is 4. The Morgan fingerprint density at radius 2 is 0.884 bits per heavy atom. The molecule has 13 heteroatoms. The molecule has 0 radical (unpaired) electrons. The van der Waals surface area contributed by atoms with Gasteiger partial charge in [-0.1, -0.05) is 24.3 Å². The summed E-state index contributed by atoms with van der Waals surface area (Å²) in [6.07, 6.45) is 0. The van der Waals surface area contributed by atoms with Crippen molar-refractivity contribution >= 4 is 46.9 Å².